The number of nitrogens with one attached hydrogen (secondary N) is 4. The highest BCUT2D eigenvalue weighted by Gasteiger charge is 2.11. The Balaban J connectivity index is 1.68. The van der Waals surface area contributed by atoms with E-state index < -0.39 is 0 Å². The topological polar surface area (TPSA) is 72.7 Å². The number of aromatic nitrogens is 2. The average molecular weight is 246 g/mol. The summed E-state index contributed by atoms with van der Waals surface area (Å²) < 4.78 is 0. The van der Waals surface area contributed by atoms with E-state index in [0.29, 0.717) is 6.04 Å². The van der Waals surface area contributed by atoms with Crippen molar-refractivity contribution in [1.29, 1.82) is 0 Å². The molecule has 5 nitrogen and oxygen atoms in total. The molecule has 0 radical (unpaired) electrons. The van der Waals surface area contributed by atoms with Crippen molar-refractivity contribution in [1.82, 2.24) is 15.3 Å². The lowest BCUT2D eigenvalue weighted by atomic mass is 10.1. The fourth-order valence-electron chi connectivity index (χ4n) is 2.48. The standard InChI is InChI=1S/C13H18N4O/c18-13-16-11-5-4-9(7-12(11)17-13)15-8-10-3-1-2-6-14-10/h4-5,7,10,14-15H,1-3,6,8H2,(H2,16,17,18). The Morgan fingerprint density at radius 2 is 2.11 bits per heavy atom. The molecule has 0 saturated carbocycles. The molecule has 1 aliphatic heterocycles. The van der Waals surface area contributed by atoms with Crippen molar-refractivity contribution in [2.45, 2.75) is 25.3 Å². The third-order valence-electron chi connectivity index (χ3n) is 3.48. The summed E-state index contributed by atoms with van der Waals surface area (Å²) >= 11 is 0. The number of aromatic amines is 2. The molecule has 18 heavy (non-hydrogen) atoms. The van der Waals surface area contributed by atoms with Gasteiger partial charge in [-0.25, -0.2) is 4.79 Å². The Labute approximate surface area is 105 Å². The van der Waals surface area contributed by atoms with Gasteiger partial charge in [0.2, 0.25) is 0 Å². The summed E-state index contributed by atoms with van der Waals surface area (Å²) in [4.78, 5) is 16.7. The zero-order valence-corrected chi connectivity index (χ0v) is 10.3. The normalized spacial score (nSPS) is 20.1. The van der Waals surface area contributed by atoms with Gasteiger partial charge in [0.05, 0.1) is 11.0 Å². The van der Waals surface area contributed by atoms with E-state index in [1.165, 1.54) is 19.3 Å². The number of rotatable bonds is 3. The van der Waals surface area contributed by atoms with E-state index in [0.717, 1.165) is 29.8 Å². The lowest BCUT2D eigenvalue weighted by Crippen LogP contribution is -2.39. The minimum atomic E-state index is -0.156. The van der Waals surface area contributed by atoms with Gasteiger partial charge in [0, 0.05) is 18.3 Å². The van der Waals surface area contributed by atoms with Crippen LogP contribution in [0.4, 0.5) is 5.69 Å². The molecule has 3 rings (SSSR count). The van der Waals surface area contributed by atoms with Crippen LogP contribution in [0.2, 0.25) is 0 Å². The highest BCUT2D eigenvalue weighted by Crippen LogP contribution is 2.15. The van der Waals surface area contributed by atoms with Crippen LogP contribution in [0.25, 0.3) is 11.0 Å². The van der Waals surface area contributed by atoms with E-state index in [1.54, 1.807) is 0 Å². The average Bonchev–Trinajstić information content (AvgIpc) is 2.77. The Morgan fingerprint density at radius 3 is 2.94 bits per heavy atom. The monoisotopic (exact) mass is 246 g/mol. The number of benzene rings is 1. The molecule has 4 N–H and O–H groups in total. The van der Waals surface area contributed by atoms with E-state index in [-0.39, 0.29) is 5.69 Å². The number of fused-ring (bicyclic) bond motifs is 1. The maximum atomic E-state index is 11.2. The Morgan fingerprint density at radius 1 is 1.22 bits per heavy atom. The lowest BCUT2D eigenvalue weighted by Gasteiger charge is -2.24. The number of hydrogen-bond acceptors (Lipinski definition) is 3. The molecule has 1 atom stereocenters. The minimum absolute atomic E-state index is 0.156. The molecular weight excluding hydrogens is 228 g/mol. The van der Waals surface area contributed by atoms with Crippen molar-refractivity contribution in [3.05, 3.63) is 28.7 Å². The molecule has 0 aliphatic carbocycles. The van der Waals surface area contributed by atoms with Gasteiger partial charge in [0.1, 0.15) is 0 Å². The molecule has 2 aromatic rings. The van der Waals surface area contributed by atoms with Crippen LogP contribution in [-0.2, 0) is 0 Å². The molecule has 0 bridgehead atoms. The molecule has 96 valence electrons. The van der Waals surface area contributed by atoms with Crippen LogP contribution in [0.3, 0.4) is 0 Å². The largest absolute Gasteiger partial charge is 0.383 e. The Hall–Kier alpha value is -1.75. The zero-order valence-electron chi connectivity index (χ0n) is 10.3. The first-order valence-corrected chi connectivity index (χ1v) is 6.50. The first-order valence-electron chi connectivity index (χ1n) is 6.50. The van der Waals surface area contributed by atoms with Gasteiger partial charge in [-0.1, -0.05) is 6.42 Å². The quantitative estimate of drug-likeness (QED) is 0.661. The second-order valence-electron chi connectivity index (χ2n) is 4.87. The number of imidazole rings is 1. The Bertz CT molecular complexity index is 580. The first kappa shape index (κ1) is 11.3. The van der Waals surface area contributed by atoms with Crippen LogP contribution < -0.4 is 16.3 Å². The molecule has 2 heterocycles. The fraction of sp³-hybridized carbons (Fsp3) is 0.462. The van der Waals surface area contributed by atoms with Crippen LogP contribution >= 0.6 is 0 Å². The van der Waals surface area contributed by atoms with Crippen molar-refractivity contribution >= 4 is 16.7 Å². The van der Waals surface area contributed by atoms with E-state index in [9.17, 15) is 4.79 Å². The summed E-state index contributed by atoms with van der Waals surface area (Å²) in [5.74, 6) is 0. The molecule has 1 aromatic heterocycles. The van der Waals surface area contributed by atoms with Crippen LogP contribution in [0.1, 0.15) is 19.3 Å². The summed E-state index contributed by atoms with van der Waals surface area (Å²) in [6.07, 6.45) is 3.83. The SMILES string of the molecule is O=c1[nH]c2ccc(NCC3CCCCN3)cc2[nH]1. The molecule has 5 heteroatoms. The summed E-state index contributed by atoms with van der Waals surface area (Å²) in [7, 11) is 0. The smallest absolute Gasteiger partial charge is 0.323 e. The first-order chi connectivity index (χ1) is 8.81. The van der Waals surface area contributed by atoms with Crippen LogP contribution in [0, 0.1) is 0 Å². The van der Waals surface area contributed by atoms with E-state index in [4.69, 9.17) is 0 Å². The van der Waals surface area contributed by atoms with E-state index in [2.05, 4.69) is 20.6 Å². The summed E-state index contributed by atoms with van der Waals surface area (Å²) in [6, 6.07) is 6.44. The maximum Gasteiger partial charge on any atom is 0.323 e. The van der Waals surface area contributed by atoms with Crippen molar-refractivity contribution in [3.8, 4) is 0 Å². The third kappa shape index (κ3) is 2.41. The second-order valence-corrected chi connectivity index (χ2v) is 4.87. The van der Waals surface area contributed by atoms with Gasteiger partial charge >= 0.3 is 5.69 Å². The van der Waals surface area contributed by atoms with Gasteiger partial charge in [-0.15, -0.1) is 0 Å². The van der Waals surface area contributed by atoms with Gasteiger partial charge in [-0.05, 0) is 37.6 Å². The van der Waals surface area contributed by atoms with Gasteiger partial charge in [-0.3, -0.25) is 0 Å². The summed E-state index contributed by atoms with van der Waals surface area (Å²) in [5.41, 5.74) is 2.59. The fourth-order valence-corrected chi connectivity index (χ4v) is 2.48. The molecular formula is C13H18N4O. The highest BCUT2D eigenvalue weighted by molar-refractivity contribution is 5.78. The van der Waals surface area contributed by atoms with Crippen LogP contribution in [-0.4, -0.2) is 29.1 Å². The predicted octanol–water partition coefficient (Wildman–Crippen LogP) is 1.41. The van der Waals surface area contributed by atoms with E-state index in [1.807, 2.05) is 18.2 Å². The minimum Gasteiger partial charge on any atom is -0.383 e. The van der Waals surface area contributed by atoms with Gasteiger partial charge in [0.15, 0.2) is 0 Å². The summed E-state index contributed by atoms with van der Waals surface area (Å²) in [6.45, 7) is 2.05. The number of hydrogen-bond donors (Lipinski definition) is 4. The van der Waals surface area contributed by atoms with Crippen LogP contribution in [0.15, 0.2) is 23.0 Å². The Kier molecular flexibility index (Phi) is 3.06. The second kappa shape index (κ2) is 4.86. The van der Waals surface area contributed by atoms with Gasteiger partial charge in [-0.2, -0.15) is 0 Å². The zero-order chi connectivity index (χ0) is 12.4. The summed E-state index contributed by atoms with van der Waals surface area (Å²) in [5, 5.41) is 6.92. The molecule has 1 unspecified atom stereocenters. The number of anilines is 1. The van der Waals surface area contributed by atoms with Crippen LogP contribution in [0.5, 0.6) is 0 Å². The molecule has 1 saturated heterocycles. The van der Waals surface area contributed by atoms with E-state index >= 15 is 0 Å². The van der Waals surface area contributed by atoms with Gasteiger partial charge < -0.3 is 20.6 Å². The molecule has 1 aromatic carbocycles. The molecule has 1 aliphatic rings. The third-order valence-corrected chi connectivity index (χ3v) is 3.48. The lowest BCUT2D eigenvalue weighted by molar-refractivity contribution is 0.414. The van der Waals surface area contributed by atoms with Crippen molar-refractivity contribution < 1.29 is 0 Å². The van der Waals surface area contributed by atoms with Crippen molar-refractivity contribution in [2.24, 2.45) is 0 Å². The van der Waals surface area contributed by atoms with Crippen molar-refractivity contribution in [2.75, 3.05) is 18.4 Å². The number of piperidine rings is 1. The molecule has 0 spiro atoms. The highest BCUT2D eigenvalue weighted by atomic mass is 16.1. The molecule has 0 amide bonds. The van der Waals surface area contributed by atoms with Crippen molar-refractivity contribution in [3.63, 3.8) is 0 Å². The predicted molar refractivity (Wildman–Crippen MR) is 73.1 cm³/mol. The number of H-pyrrole nitrogens is 2. The van der Waals surface area contributed by atoms with Gasteiger partial charge in [0.25, 0.3) is 0 Å². The molecule has 1 fully saturated rings. The maximum absolute atomic E-state index is 11.2.